The minimum atomic E-state index is -1.53. The molecule has 2 aromatic carbocycles. The van der Waals surface area contributed by atoms with E-state index < -0.39 is 42.0 Å². The van der Waals surface area contributed by atoms with E-state index in [1.807, 2.05) is 51.9 Å². The monoisotopic (exact) mass is 690 g/mol. The summed E-state index contributed by atoms with van der Waals surface area (Å²) in [6.07, 6.45) is 3.20. The molecule has 3 rings (SSSR count). The quantitative estimate of drug-likeness (QED) is 0.115. The third kappa shape index (κ3) is 12.8. The minimum Gasteiger partial charge on any atom is -0.381 e. The van der Waals surface area contributed by atoms with E-state index in [-0.39, 0.29) is 24.7 Å². The van der Waals surface area contributed by atoms with Crippen molar-refractivity contribution in [2.45, 2.75) is 95.2 Å². The lowest BCUT2D eigenvalue weighted by Gasteiger charge is -2.29. The number of amides is 4. The molecule has 0 saturated carbocycles. The molecule has 2 aromatic rings. The predicted molar refractivity (Wildman–Crippen MR) is 188 cm³/mol. The molecule has 5 N–H and O–H groups in total. The lowest BCUT2D eigenvalue weighted by Crippen LogP contribution is -2.59. The van der Waals surface area contributed by atoms with Crippen LogP contribution < -0.4 is 21.3 Å². The van der Waals surface area contributed by atoms with Crippen LogP contribution in [0.4, 0.5) is 0 Å². The van der Waals surface area contributed by atoms with Gasteiger partial charge in [-0.15, -0.1) is 0 Å². The molecule has 4 amide bonds. The summed E-state index contributed by atoms with van der Waals surface area (Å²) >= 11 is 6.02. The van der Waals surface area contributed by atoms with Crippen molar-refractivity contribution in [3.63, 3.8) is 0 Å². The van der Waals surface area contributed by atoms with Crippen molar-refractivity contribution >= 4 is 56.8 Å². The van der Waals surface area contributed by atoms with Crippen molar-refractivity contribution in [1.29, 1.82) is 0 Å². The van der Waals surface area contributed by atoms with Crippen LogP contribution in [0.15, 0.2) is 54.6 Å². The van der Waals surface area contributed by atoms with Crippen molar-refractivity contribution in [2.24, 2.45) is 5.92 Å². The molecule has 0 bridgehead atoms. The van der Waals surface area contributed by atoms with Gasteiger partial charge in [-0.2, -0.15) is 0 Å². The minimum absolute atomic E-state index is 0.158. The topological polar surface area (TPSA) is 137 Å². The summed E-state index contributed by atoms with van der Waals surface area (Å²) in [5.41, 5.74) is 1.63. The molecule has 252 valence electrons. The highest BCUT2D eigenvalue weighted by Gasteiger charge is 2.33. The van der Waals surface area contributed by atoms with Crippen molar-refractivity contribution < 1.29 is 24.3 Å². The maximum atomic E-state index is 13.7. The van der Waals surface area contributed by atoms with E-state index in [0.717, 1.165) is 30.4 Å². The molecule has 46 heavy (non-hydrogen) atoms. The van der Waals surface area contributed by atoms with Gasteiger partial charge in [-0.1, -0.05) is 95.9 Å². The molecule has 1 aliphatic rings. The molecule has 2 unspecified atom stereocenters. The lowest BCUT2D eigenvalue weighted by molar-refractivity contribution is -0.135. The molecule has 0 spiro atoms. The standard InChI is InChI=1S/C34H47ClN4O5S2/c1-4-36-34(44)31(41)27(20-24-14-16-25(35)17-15-24)38-33(43)30(22(2)3)39-32(42)28(21-23-10-6-5-7-11-23)37-29(40)13-9-8-12-26-18-19-45-46-26/h5-7,10-11,14-17,22,26-28,30-31,41H,4,8-9,12-13,18-21H2,1-3H3,(H,36,44)(H,37,40)(H,38,43)(H,39,42)/t26?,27-,28-,30-,31?/m0/s1. The summed E-state index contributed by atoms with van der Waals surface area (Å²) in [5.74, 6) is -0.996. The van der Waals surface area contributed by atoms with Gasteiger partial charge in [0.2, 0.25) is 17.7 Å². The fourth-order valence-electron chi connectivity index (χ4n) is 5.19. The molecule has 9 nitrogen and oxygen atoms in total. The molecular formula is C34H47ClN4O5S2. The number of rotatable bonds is 18. The van der Waals surface area contributed by atoms with E-state index in [0.29, 0.717) is 23.2 Å². The maximum Gasteiger partial charge on any atom is 0.250 e. The van der Waals surface area contributed by atoms with Gasteiger partial charge in [-0.25, -0.2) is 0 Å². The Hall–Kier alpha value is -2.73. The van der Waals surface area contributed by atoms with Crippen LogP contribution in [0.1, 0.15) is 64.0 Å². The molecule has 1 fully saturated rings. The van der Waals surface area contributed by atoms with Crippen LogP contribution in [0.25, 0.3) is 0 Å². The number of hydrogen-bond donors (Lipinski definition) is 5. The van der Waals surface area contributed by atoms with Gasteiger partial charge in [0.25, 0.3) is 5.91 Å². The number of benzene rings is 2. The molecule has 0 aliphatic carbocycles. The number of nitrogens with one attached hydrogen (secondary N) is 4. The Morgan fingerprint density at radius 3 is 2.22 bits per heavy atom. The number of aliphatic hydroxyl groups is 1. The second-order valence-corrected chi connectivity index (χ2v) is 15.1. The smallest absolute Gasteiger partial charge is 0.250 e. The average Bonchev–Trinajstić information content (AvgIpc) is 3.56. The van der Waals surface area contributed by atoms with Gasteiger partial charge in [0.05, 0.1) is 6.04 Å². The molecule has 1 aliphatic heterocycles. The van der Waals surface area contributed by atoms with Gasteiger partial charge in [-0.3, -0.25) is 19.2 Å². The highest BCUT2D eigenvalue weighted by atomic mass is 35.5. The first kappa shape index (κ1) is 37.7. The van der Waals surface area contributed by atoms with E-state index in [1.54, 1.807) is 45.0 Å². The van der Waals surface area contributed by atoms with E-state index in [1.165, 1.54) is 12.2 Å². The van der Waals surface area contributed by atoms with Crippen molar-refractivity contribution in [3.05, 3.63) is 70.7 Å². The highest BCUT2D eigenvalue weighted by Crippen LogP contribution is 2.39. The molecule has 1 heterocycles. The number of unbranched alkanes of at least 4 members (excludes halogenated alkanes) is 1. The van der Waals surface area contributed by atoms with E-state index >= 15 is 0 Å². The van der Waals surface area contributed by atoms with Crippen LogP contribution in [-0.4, -0.2) is 70.5 Å². The third-order valence-electron chi connectivity index (χ3n) is 7.79. The van der Waals surface area contributed by atoms with Gasteiger partial charge in [0.1, 0.15) is 12.1 Å². The number of carbonyl (C=O) groups excluding carboxylic acids is 4. The largest absolute Gasteiger partial charge is 0.381 e. The normalized spacial score (nSPS) is 17.0. The first-order valence-corrected chi connectivity index (χ1v) is 18.8. The van der Waals surface area contributed by atoms with E-state index in [4.69, 9.17) is 11.6 Å². The summed E-state index contributed by atoms with van der Waals surface area (Å²) in [4.78, 5) is 52.9. The second kappa shape index (κ2) is 19.8. The Kier molecular flexibility index (Phi) is 16.3. The van der Waals surface area contributed by atoms with Gasteiger partial charge in [0, 0.05) is 35.4 Å². The van der Waals surface area contributed by atoms with Crippen LogP contribution in [0, 0.1) is 5.92 Å². The maximum absolute atomic E-state index is 13.7. The fourth-order valence-corrected chi connectivity index (χ4v) is 8.34. The fraction of sp³-hybridized carbons (Fsp3) is 0.529. The Morgan fingerprint density at radius 1 is 0.891 bits per heavy atom. The molecule has 12 heteroatoms. The SMILES string of the molecule is CCNC(=O)C(O)[C@H](Cc1ccc(Cl)cc1)NC(=O)[C@@H](NC(=O)[C@H](Cc1ccccc1)NC(=O)CCCCC1CCSS1)C(C)C. The summed E-state index contributed by atoms with van der Waals surface area (Å²) < 4.78 is 0. The average molecular weight is 691 g/mol. The van der Waals surface area contributed by atoms with E-state index in [9.17, 15) is 24.3 Å². The third-order valence-corrected chi connectivity index (χ3v) is 11.0. The first-order chi connectivity index (χ1) is 22.1. The van der Waals surface area contributed by atoms with Gasteiger partial charge < -0.3 is 26.4 Å². The number of halogens is 1. The Labute approximate surface area is 285 Å². The van der Waals surface area contributed by atoms with Crippen LogP contribution in [0.3, 0.4) is 0 Å². The van der Waals surface area contributed by atoms with Gasteiger partial charge in [-0.05, 0) is 61.8 Å². The molecular weight excluding hydrogens is 644 g/mol. The predicted octanol–water partition coefficient (Wildman–Crippen LogP) is 4.45. The van der Waals surface area contributed by atoms with Crippen LogP contribution in [0.5, 0.6) is 0 Å². The Balaban J connectivity index is 1.70. The molecule has 5 atom stereocenters. The zero-order valence-corrected chi connectivity index (χ0v) is 29.2. The second-order valence-electron chi connectivity index (χ2n) is 11.9. The highest BCUT2D eigenvalue weighted by molar-refractivity contribution is 8.77. The zero-order chi connectivity index (χ0) is 33.5. The van der Waals surface area contributed by atoms with Crippen LogP contribution in [-0.2, 0) is 32.0 Å². The van der Waals surface area contributed by atoms with Crippen molar-refractivity contribution in [3.8, 4) is 0 Å². The number of likely N-dealkylation sites (N-methyl/N-ethyl adjacent to an activating group) is 1. The number of carbonyl (C=O) groups is 4. The van der Waals surface area contributed by atoms with Crippen molar-refractivity contribution in [1.82, 2.24) is 21.3 Å². The Morgan fingerprint density at radius 2 is 1.59 bits per heavy atom. The summed E-state index contributed by atoms with van der Waals surface area (Å²) in [5, 5.41) is 23.2. The van der Waals surface area contributed by atoms with Crippen molar-refractivity contribution in [2.75, 3.05) is 12.3 Å². The zero-order valence-electron chi connectivity index (χ0n) is 26.8. The van der Waals surface area contributed by atoms with Crippen LogP contribution in [0.2, 0.25) is 5.02 Å². The summed E-state index contributed by atoms with van der Waals surface area (Å²) in [7, 11) is 3.83. The van der Waals surface area contributed by atoms with Gasteiger partial charge in [0.15, 0.2) is 6.10 Å². The first-order valence-electron chi connectivity index (χ1n) is 16.0. The summed E-state index contributed by atoms with van der Waals surface area (Å²) in [6, 6.07) is 13.5. The molecule has 0 aromatic heterocycles. The van der Waals surface area contributed by atoms with E-state index in [2.05, 4.69) is 21.3 Å². The molecule has 1 saturated heterocycles. The summed E-state index contributed by atoms with van der Waals surface area (Å²) in [6.45, 7) is 5.65. The Bertz CT molecular complexity index is 1260. The number of hydrogen-bond acceptors (Lipinski definition) is 7. The lowest BCUT2D eigenvalue weighted by atomic mass is 9.97. The van der Waals surface area contributed by atoms with Gasteiger partial charge >= 0.3 is 0 Å². The molecule has 0 radical (unpaired) electrons. The number of aliphatic hydroxyl groups excluding tert-OH is 1. The van der Waals surface area contributed by atoms with Crippen LogP contribution >= 0.6 is 33.2 Å².